The summed E-state index contributed by atoms with van der Waals surface area (Å²) in [5.74, 6) is 0.0360. The van der Waals surface area contributed by atoms with Crippen LogP contribution in [0.4, 0.5) is 0 Å². The summed E-state index contributed by atoms with van der Waals surface area (Å²) in [6.07, 6.45) is 4.66. The lowest BCUT2D eigenvalue weighted by Crippen LogP contribution is -2.32. The first-order valence-corrected chi connectivity index (χ1v) is 9.87. The molecule has 2 fully saturated rings. The summed E-state index contributed by atoms with van der Waals surface area (Å²) >= 11 is 1.56. The fourth-order valence-corrected chi connectivity index (χ4v) is 4.53. The van der Waals surface area contributed by atoms with Gasteiger partial charge in [0.1, 0.15) is 0 Å². The molecule has 1 atom stereocenters. The van der Waals surface area contributed by atoms with Gasteiger partial charge >= 0.3 is 0 Å². The van der Waals surface area contributed by atoms with E-state index in [0.29, 0.717) is 0 Å². The number of nitrogens with one attached hydrogen (secondary N) is 1. The molecule has 25 heavy (non-hydrogen) atoms. The Bertz CT molecular complexity index is 769. The van der Waals surface area contributed by atoms with Crippen LogP contribution in [0.1, 0.15) is 57.7 Å². The second-order valence-electron chi connectivity index (χ2n) is 7.47. The van der Waals surface area contributed by atoms with Gasteiger partial charge < -0.3 is 10.1 Å². The van der Waals surface area contributed by atoms with Crippen molar-refractivity contribution in [3.05, 3.63) is 39.3 Å². The molecule has 1 saturated heterocycles. The lowest BCUT2D eigenvalue weighted by Gasteiger charge is -2.17. The SMILES string of the molecule is Cc1cc(C)n(CC2(CNC(=O)c3ccc([C@@H]4CCCO4)s3)CC2)n1. The maximum absolute atomic E-state index is 12.5. The van der Waals surface area contributed by atoms with Crippen LogP contribution >= 0.6 is 11.3 Å². The van der Waals surface area contributed by atoms with Crippen molar-refractivity contribution >= 4 is 17.2 Å². The monoisotopic (exact) mass is 359 g/mol. The number of amides is 1. The van der Waals surface area contributed by atoms with Crippen molar-refractivity contribution in [3.63, 3.8) is 0 Å². The van der Waals surface area contributed by atoms with Crippen molar-refractivity contribution in [2.24, 2.45) is 5.41 Å². The van der Waals surface area contributed by atoms with E-state index in [-0.39, 0.29) is 17.4 Å². The van der Waals surface area contributed by atoms with Crippen molar-refractivity contribution in [3.8, 4) is 0 Å². The molecule has 1 aliphatic heterocycles. The van der Waals surface area contributed by atoms with Gasteiger partial charge in [0.15, 0.2) is 0 Å². The van der Waals surface area contributed by atoms with E-state index in [9.17, 15) is 4.79 Å². The van der Waals surface area contributed by atoms with Crippen LogP contribution in [-0.2, 0) is 11.3 Å². The minimum absolute atomic E-state index is 0.0360. The number of thiophene rings is 1. The van der Waals surface area contributed by atoms with Gasteiger partial charge in [0, 0.05) is 35.7 Å². The lowest BCUT2D eigenvalue weighted by atomic mass is 10.1. The van der Waals surface area contributed by atoms with Gasteiger partial charge in [-0.25, -0.2) is 0 Å². The van der Waals surface area contributed by atoms with Crippen LogP contribution in [0.2, 0.25) is 0 Å². The smallest absolute Gasteiger partial charge is 0.261 e. The first-order chi connectivity index (χ1) is 12.0. The fraction of sp³-hybridized carbons (Fsp3) is 0.579. The van der Waals surface area contributed by atoms with Gasteiger partial charge in [0.25, 0.3) is 5.91 Å². The van der Waals surface area contributed by atoms with Crippen LogP contribution in [0, 0.1) is 19.3 Å². The molecule has 0 spiro atoms. The molecule has 134 valence electrons. The van der Waals surface area contributed by atoms with Gasteiger partial charge in [-0.05, 0) is 57.7 Å². The Hall–Kier alpha value is -1.66. The molecule has 0 unspecified atom stereocenters. The third-order valence-electron chi connectivity index (χ3n) is 5.27. The van der Waals surface area contributed by atoms with Gasteiger partial charge in [-0.3, -0.25) is 9.48 Å². The zero-order chi connectivity index (χ0) is 17.4. The third kappa shape index (κ3) is 3.65. The number of hydrogen-bond donors (Lipinski definition) is 1. The Balaban J connectivity index is 1.34. The van der Waals surface area contributed by atoms with Gasteiger partial charge in [-0.2, -0.15) is 5.10 Å². The average Bonchev–Trinajstić information content (AvgIpc) is 3.01. The molecule has 0 radical (unpaired) electrons. The van der Waals surface area contributed by atoms with Crippen LogP contribution in [0.5, 0.6) is 0 Å². The highest BCUT2D eigenvalue weighted by molar-refractivity contribution is 7.14. The van der Waals surface area contributed by atoms with Gasteiger partial charge in [-0.15, -0.1) is 11.3 Å². The fourth-order valence-electron chi connectivity index (χ4n) is 3.53. The molecule has 0 aromatic carbocycles. The maximum Gasteiger partial charge on any atom is 0.261 e. The number of nitrogens with zero attached hydrogens (tertiary/aromatic N) is 2. The van der Waals surface area contributed by atoms with Crippen molar-refractivity contribution in [2.45, 2.75) is 52.2 Å². The van der Waals surface area contributed by atoms with Gasteiger partial charge in [0.05, 0.1) is 16.7 Å². The van der Waals surface area contributed by atoms with Crippen molar-refractivity contribution < 1.29 is 9.53 Å². The summed E-state index contributed by atoms with van der Waals surface area (Å²) in [6, 6.07) is 6.07. The molecule has 0 bridgehead atoms. The number of carbonyl (C=O) groups is 1. The Morgan fingerprint density at radius 3 is 2.92 bits per heavy atom. The van der Waals surface area contributed by atoms with Crippen LogP contribution in [0.15, 0.2) is 18.2 Å². The quantitative estimate of drug-likeness (QED) is 0.857. The number of carbonyl (C=O) groups excluding carboxylic acids is 1. The van der Waals surface area contributed by atoms with Crippen molar-refractivity contribution in [1.82, 2.24) is 15.1 Å². The van der Waals surface area contributed by atoms with Gasteiger partial charge in [0.2, 0.25) is 0 Å². The zero-order valence-corrected chi connectivity index (χ0v) is 15.7. The predicted octanol–water partition coefficient (Wildman–Crippen LogP) is 3.62. The molecule has 5 nitrogen and oxygen atoms in total. The first kappa shape index (κ1) is 16.8. The third-order valence-corrected chi connectivity index (χ3v) is 6.44. The molecule has 1 amide bonds. The first-order valence-electron chi connectivity index (χ1n) is 9.05. The van der Waals surface area contributed by atoms with E-state index in [1.54, 1.807) is 11.3 Å². The van der Waals surface area contributed by atoms with E-state index in [4.69, 9.17) is 4.74 Å². The van der Waals surface area contributed by atoms with E-state index < -0.39 is 0 Å². The molecule has 2 aromatic rings. The van der Waals surface area contributed by atoms with E-state index in [0.717, 1.165) is 56.0 Å². The molecule has 2 aromatic heterocycles. The van der Waals surface area contributed by atoms with Crippen LogP contribution in [0.3, 0.4) is 0 Å². The highest BCUT2D eigenvalue weighted by Gasteiger charge is 2.43. The normalized spacial score (nSPS) is 21.4. The van der Waals surface area contributed by atoms with Crippen molar-refractivity contribution in [1.29, 1.82) is 0 Å². The second-order valence-corrected chi connectivity index (χ2v) is 8.59. The van der Waals surface area contributed by atoms with Crippen LogP contribution in [-0.4, -0.2) is 28.8 Å². The molecule has 3 heterocycles. The summed E-state index contributed by atoms with van der Waals surface area (Å²) < 4.78 is 7.78. The number of aromatic nitrogens is 2. The van der Waals surface area contributed by atoms with Crippen LogP contribution in [0.25, 0.3) is 0 Å². The number of hydrogen-bond acceptors (Lipinski definition) is 4. The number of aryl methyl sites for hydroxylation is 2. The zero-order valence-electron chi connectivity index (χ0n) is 14.9. The molecule has 1 N–H and O–H groups in total. The van der Waals surface area contributed by atoms with E-state index in [1.807, 2.05) is 19.1 Å². The summed E-state index contributed by atoms with van der Waals surface area (Å²) in [4.78, 5) is 14.5. The Morgan fingerprint density at radius 2 is 2.28 bits per heavy atom. The van der Waals surface area contributed by atoms with Gasteiger partial charge in [-0.1, -0.05) is 0 Å². The molecule has 1 aliphatic carbocycles. The molecule has 4 rings (SSSR count). The highest BCUT2D eigenvalue weighted by Crippen LogP contribution is 2.46. The lowest BCUT2D eigenvalue weighted by molar-refractivity contribution is 0.0946. The van der Waals surface area contributed by atoms with Crippen molar-refractivity contribution in [2.75, 3.05) is 13.2 Å². The number of rotatable bonds is 6. The number of ether oxygens (including phenoxy) is 1. The van der Waals surface area contributed by atoms with E-state index in [1.165, 1.54) is 10.6 Å². The summed E-state index contributed by atoms with van der Waals surface area (Å²) in [6.45, 7) is 6.55. The Kier molecular flexibility index (Phi) is 4.41. The van der Waals surface area contributed by atoms with Crippen LogP contribution < -0.4 is 5.32 Å². The standard InChI is InChI=1S/C19H25N3O2S/c1-13-10-14(2)22(21-13)12-19(7-8-19)11-20-18(23)17-6-5-16(25-17)15-4-3-9-24-15/h5-6,10,15H,3-4,7-9,11-12H2,1-2H3,(H,20,23)/t15-/m0/s1. The molecular weight excluding hydrogens is 334 g/mol. The topological polar surface area (TPSA) is 56.2 Å². The Morgan fingerprint density at radius 1 is 1.44 bits per heavy atom. The van der Waals surface area contributed by atoms with E-state index in [2.05, 4.69) is 28.1 Å². The average molecular weight is 359 g/mol. The summed E-state index contributed by atoms with van der Waals surface area (Å²) in [5, 5.41) is 7.70. The van der Waals surface area contributed by atoms with E-state index >= 15 is 0 Å². The summed E-state index contributed by atoms with van der Waals surface area (Å²) in [5.41, 5.74) is 2.42. The molecular formula is C19H25N3O2S. The minimum atomic E-state index is 0.0360. The second kappa shape index (κ2) is 6.57. The highest BCUT2D eigenvalue weighted by atomic mass is 32.1. The molecule has 6 heteroatoms. The summed E-state index contributed by atoms with van der Waals surface area (Å²) in [7, 11) is 0. The molecule has 1 saturated carbocycles. The largest absolute Gasteiger partial charge is 0.373 e. The predicted molar refractivity (Wildman–Crippen MR) is 97.9 cm³/mol. The minimum Gasteiger partial charge on any atom is -0.373 e. The molecule has 2 aliphatic rings. The maximum atomic E-state index is 12.5. The Labute approximate surface area is 152 Å².